The van der Waals surface area contributed by atoms with Crippen LogP contribution in [0, 0.1) is 5.92 Å². The zero-order valence-electron chi connectivity index (χ0n) is 10.9. The number of imidazole rings is 1. The van der Waals surface area contributed by atoms with Gasteiger partial charge in [0.15, 0.2) is 0 Å². The van der Waals surface area contributed by atoms with Crippen LogP contribution in [-0.2, 0) is 11.3 Å². The van der Waals surface area contributed by atoms with E-state index < -0.39 is 5.54 Å². The van der Waals surface area contributed by atoms with E-state index in [9.17, 15) is 4.79 Å². The summed E-state index contributed by atoms with van der Waals surface area (Å²) in [6, 6.07) is 0. The normalized spacial score (nSPS) is 28.0. The van der Waals surface area contributed by atoms with Crippen molar-refractivity contribution in [2.75, 3.05) is 6.54 Å². The van der Waals surface area contributed by atoms with Crippen molar-refractivity contribution in [1.29, 1.82) is 0 Å². The predicted molar refractivity (Wildman–Crippen MR) is 69.8 cm³/mol. The van der Waals surface area contributed by atoms with Gasteiger partial charge in [0.2, 0.25) is 5.91 Å². The SMILES string of the molecule is CC1CCCC(N)(C(=O)NCCn2ccnc2)C1. The summed E-state index contributed by atoms with van der Waals surface area (Å²) in [5, 5.41) is 2.94. The maximum Gasteiger partial charge on any atom is 0.240 e. The molecule has 1 aromatic rings. The summed E-state index contributed by atoms with van der Waals surface area (Å²) in [7, 11) is 0. The number of hydrogen-bond acceptors (Lipinski definition) is 3. The number of carbonyl (C=O) groups is 1. The Labute approximate surface area is 108 Å². The minimum Gasteiger partial charge on any atom is -0.353 e. The maximum atomic E-state index is 12.1. The molecule has 0 aliphatic heterocycles. The first-order valence-corrected chi connectivity index (χ1v) is 6.63. The number of nitrogens with one attached hydrogen (secondary N) is 1. The Bertz CT molecular complexity index is 390. The molecule has 1 aliphatic carbocycles. The Balaban J connectivity index is 1.80. The van der Waals surface area contributed by atoms with Crippen LogP contribution in [0.3, 0.4) is 0 Å². The van der Waals surface area contributed by atoms with Gasteiger partial charge in [0.05, 0.1) is 11.9 Å². The Morgan fingerprint density at radius 3 is 3.17 bits per heavy atom. The number of amides is 1. The van der Waals surface area contributed by atoms with E-state index in [-0.39, 0.29) is 5.91 Å². The molecule has 1 saturated carbocycles. The van der Waals surface area contributed by atoms with Gasteiger partial charge in [0.1, 0.15) is 0 Å². The fourth-order valence-electron chi connectivity index (χ4n) is 2.69. The predicted octanol–water partition coefficient (Wildman–Crippen LogP) is 0.907. The molecule has 0 spiro atoms. The van der Waals surface area contributed by atoms with Crippen LogP contribution >= 0.6 is 0 Å². The molecule has 1 aromatic heterocycles. The number of nitrogens with zero attached hydrogens (tertiary/aromatic N) is 2. The number of aromatic nitrogens is 2. The Morgan fingerprint density at radius 2 is 2.50 bits per heavy atom. The lowest BCUT2D eigenvalue weighted by Crippen LogP contribution is -2.56. The molecular weight excluding hydrogens is 228 g/mol. The first-order chi connectivity index (χ1) is 8.60. The number of carbonyl (C=O) groups excluding carboxylic acids is 1. The highest BCUT2D eigenvalue weighted by Crippen LogP contribution is 2.30. The highest BCUT2D eigenvalue weighted by molar-refractivity contribution is 5.86. The van der Waals surface area contributed by atoms with Gasteiger partial charge in [0.25, 0.3) is 0 Å². The third-order valence-corrected chi connectivity index (χ3v) is 3.70. The second kappa shape index (κ2) is 5.52. The van der Waals surface area contributed by atoms with E-state index in [1.807, 2.05) is 10.8 Å². The minimum atomic E-state index is -0.660. The fourth-order valence-corrected chi connectivity index (χ4v) is 2.69. The van der Waals surface area contributed by atoms with Crippen LogP contribution < -0.4 is 11.1 Å². The minimum absolute atomic E-state index is 0.00540. The van der Waals surface area contributed by atoms with E-state index in [0.29, 0.717) is 12.5 Å². The average molecular weight is 250 g/mol. The van der Waals surface area contributed by atoms with Crippen molar-refractivity contribution in [1.82, 2.24) is 14.9 Å². The largest absolute Gasteiger partial charge is 0.353 e. The smallest absolute Gasteiger partial charge is 0.240 e. The molecule has 3 N–H and O–H groups in total. The Hall–Kier alpha value is -1.36. The van der Waals surface area contributed by atoms with Gasteiger partial charge in [0, 0.05) is 25.5 Å². The van der Waals surface area contributed by atoms with E-state index in [4.69, 9.17) is 5.73 Å². The van der Waals surface area contributed by atoms with E-state index in [1.165, 1.54) is 6.42 Å². The molecule has 1 aliphatic rings. The van der Waals surface area contributed by atoms with Gasteiger partial charge >= 0.3 is 0 Å². The molecule has 2 rings (SSSR count). The van der Waals surface area contributed by atoms with Gasteiger partial charge in [-0.2, -0.15) is 0 Å². The molecule has 0 radical (unpaired) electrons. The molecule has 1 fully saturated rings. The van der Waals surface area contributed by atoms with Crippen molar-refractivity contribution in [3.05, 3.63) is 18.7 Å². The van der Waals surface area contributed by atoms with Gasteiger partial charge in [-0.3, -0.25) is 4.79 Å². The van der Waals surface area contributed by atoms with E-state index >= 15 is 0 Å². The first-order valence-electron chi connectivity index (χ1n) is 6.63. The van der Waals surface area contributed by atoms with Gasteiger partial charge in [-0.1, -0.05) is 19.8 Å². The number of rotatable bonds is 4. The summed E-state index contributed by atoms with van der Waals surface area (Å²) in [6.07, 6.45) is 9.18. The van der Waals surface area contributed by atoms with Crippen molar-refractivity contribution in [2.45, 2.75) is 44.7 Å². The molecule has 5 heteroatoms. The summed E-state index contributed by atoms with van der Waals surface area (Å²) in [4.78, 5) is 16.1. The lowest BCUT2D eigenvalue weighted by atomic mass is 9.76. The third kappa shape index (κ3) is 3.10. The Morgan fingerprint density at radius 1 is 1.67 bits per heavy atom. The quantitative estimate of drug-likeness (QED) is 0.834. The molecule has 5 nitrogen and oxygen atoms in total. The lowest BCUT2D eigenvalue weighted by Gasteiger charge is -2.35. The van der Waals surface area contributed by atoms with Crippen LogP contribution in [0.4, 0.5) is 0 Å². The topological polar surface area (TPSA) is 72.9 Å². The first kappa shape index (κ1) is 13.1. The van der Waals surface area contributed by atoms with E-state index in [1.54, 1.807) is 12.5 Å². The van der Waals surface area contributed by atoms with E-state index in [2.05, 4.69) is 17.2 Å². The molecule has 2 unspecified atom stereocenters. The molecule has 1 heterocycles. The number of hydrogen-bond donors (Lipinski definition) is 2. The van der Waals surface area contributed by atoms with Gasteiger partial charge < -0.3 is 15.6 Å². The molecule has 0 bridgehead atoms. The van der Waals surface area contributed by atoms with Crippen LogP contribution in [0.25, 0.3) is 0 Å². The van der Waals surface area contributed by atoms with Crippen LogP contribution in [0.15, 0.2) is 18.7 Å². The highest BCUT2D eigenvalue weighted by atomic mass is 16.2. The van der Waals surface area contributed by atoms with Crippen LogP contribution in [0.1, 0.15) is 32.6 Å². The molecule has 1 amide bonds. The molecular formula is C13H22N4O. The van der Waals surface area contributed by atoms with Crippen LogP contribution in [-0.4, -0.2) is 27.5 Å². The molecule has 100 valence electrons. The zero-order valence-corrected chi connectivity index (χ0v) is 10.9. The Kier molecular flexibility index (Phi) is 4.01. The van der Waals surface area contributed by atoms with Gasteiger partial charge in [-0.25, -0.2) is 4.98 Å². The van der Waals surface area contributed by atoms with Crippen molar-refractivity contribution in [3.8, 4) is 0 Å². The summed E-state index contributed by atoms with van der Waals surface area (Å²) in [5.74, 6) is 0.539. The number of nitrogens with two attached hydrogens (primary N) is 1. The monoisotopic (exact) mass is 250 g/mol. The van der Waals surface area contributed by atoms with E-state index in [0.717, 1.165) is 25.8 Å². The molecule has 2 atom stereocenters. The molecule has 0 aromatic carbocycles. The second-order valence-corrected chi connectivity index (χ2v) is 5.41. The molecule has 0 saturated heterocycles. The summed E-state index contributed by atoms with van der Waals surface area (Å²) in [6.45, 7) is 3.50. The van der Waals surface area contributed by atoms with Crippen molar-refractivity contribution in [2.24, 2.45) is 11.7 Å². The fraction of sp³-hybridized carbons (Fsp3) is 0.692. The van der Waals surface area contributed by atoms with Gasteiger partial charge in [-0.05, 0) is 18.8 Å². The van der Waals surface area contributed by atoms with Crippen molar-refractivity contribution in [3.63, 3.8) is 0 Å². The second-order valence-electron chi connectivity index (χ2n) is 5.41. The summed E-state index contributed by atoms with van der Waals surface area (Å²) in [5.41, 5.74) is 5.56. The average Bonchev–Trinajstić information content (AvgIpc) is 2.81. The molecule has 18 heavy (non-hydrogen) atoms. The third-order valence-electron chi connectivity index (χ3n) is 3.70. The maximum absolute atomic E-state index is 12.1. The lowest BCUT2D eigenvalue weighted by molar-refractivity contribution is -0.128. The zero-order chi connectivity index (χ0) is 13.0. The summed E-state index contributed by atoms with van der Waals surface area (Å²) >= 11 is 0. The van der Waals surface area contributed by atoms with Gasteiger partial charge in [-0.15, -0.1) is 0 Å². The summed E-state index contributed by atoms with van der Waals surface area (Å²) < 4.78 is 1.94. The highest BCUT2D eigenvalue weighted by Gasteiger charge is 2.37. The van der Waals surface area contributed by atoms with Crippen molar-refractivity contribution < 1.29 is 4.79 Å². The van der Waals surface area contributed by atoms with Crippen molar-refractivity contribution >= 4 is 5.91 Å². The van der Waals surface area contributed by atoms with Crippen LogP contribution in [0.2, 0.25) is 0 Å². The van der Waals surface area contributed by atoms with Crippen LogP contribution in [0.5, 0.6) is 0 Å². The standard InChI is InChI=1S/C13H22N4O/c1-11-3-2-4-13(14,9-11)12(18)16-6-8-17-7-5-15-10-17/h5,7,10-11H,2-4,6,8-9,14H2,1H3,(H,16,18).